The molecule has 0 bridgehead atoms. The second-order valence-corrected chi connectivity index (χ2v) is 8.96. The van der Waals surface area contributed by atoms with Gasteiger partial charge in [-0.3, -0.25) is 0 Å². The van der Waals surface area contributed by atoms with Gasteiger partial charge in [-0.25, -0.2) is 15.0 Å². The van der Waals surface area contributed by atoms with Crippen LogP contribution in [0.4, 0.5) is 5.95 Å². The summed E-state index contributed by atoms with van der Waals surface area (Å²) in [4.78, 5) is 16.1. The first kappa shape index (κ1) is 21.4. The van der Waals surface area contributed by atoms with Gasteiger partial charge in [-0.2, -0.15) is 0 Å². The zero-order chi connectivity index (χ0) is 20.1. The molecule has 0 radical (unpaired) electrons. The summed E-state index contributed by atoms with van der Waals surface area (Å²) in [7, 11) is 2.17. The summed E-state index contributed by atoms with van der Waals surface area (Å²) >= 11 is 7.83. The largest absolute Gasteiger partial charge is 0.391 e. The zero-order valence-electron chi connectivity index (χ0n) is 16.3. The van der Waals surface area contributed by atoms with E-state index in [-0.39, 0.29) is 12.1 Å². The maximum absolute atomic E-state index is 8.78. The molecule has 0 aliphatic carbocycles. The molecule has 3 atom stereocenters. The Morgan fingerprint density at radius 3 is 2.79 bits per heavy atom. The number of ether oxygens (including phenoxy) is 1. The minimum Gasteiger partial charge on any atom is -0.391 e. The van der Waals surface area contributed by atoms with Crippen molar-refractivity contribution in [2.45, 2.75) is 38.2 Å². The fourth-order valence-electron chi connectivity index (χ4n) is 3.57. The summed E-state index contributed by atoms with van der Waals surface area (Å²) in [5, 5.41) is 10.5. The lowest BCUT2D eigenvalue weighted by atomic mass is 9.88. The third-order valence-electron chi connectivity index (χ3n) is 5.08. The summed E-state index contributed by atoms with van der Waals surface area (Å²) in [6.45, 7) is 5.89. The molecule has 2 aliphatic rings. The quantitative estimate of drug-likeness (QED) is 0.762. The number of nitrogens with zero attached hydrogens (tertiary/aromatic N) is 4. The molecule has 0 spiro atoms. The van der Waals surface area contributed by atoms with Crippen molar-refractivity contribution in [3.63, 3.8) is 0 Å². The number of hydrogen-bond acceptors (Lipinski definition) is 8. The van der Waals surface area contributed by atoms with Gasteiger partial charge in [-0.1, -0.05) is 18.5 Å². The van der Waals surface area contributed by atoms with Gasteiger partial charge in [-0.05, 0) is 38.8 Å². The van der Waals surface area contributed by atoms with Crippen molar-refractivity contribution in [2.24, 2.45) is 5.92 Å². The molecule has 2 fully saturated rings. The van der Waals surface area contributed by atoms with Crippen LogP contribution < -0.4 is 5.73 Å². The summed E-state index contributed by atoms with van der Waals surface area (Å²) < 4.78 is 4.93. The molecule has 4 rings (SSSR count). The van der Waals surface area contributed by atoms with Crippen LogP contribution in [0.1, 0.15) is 37.1 Å². The van der Waals surface area contributed by atoms with Crippen LogP contribution in [0.3, 0.4) is 0 Å². The second kappa shape index (κ2) is 9.93. The molecule has 2 aromatic heterocycles. The van der Waals surface area contributed by atoms with Gasteiger partial charge < -0.3 is 20.5 Å². The van der Waals surface area contributed by atoms with E-state index < -0.39 is 0 Å². The van der Waals surface area contributed by atoms with Crippen LogP contribution in [0.25, 0.3) is 10.6 Å². The van der Waals surface area contributed by atoms with Gasteiger partial charge in [0.1, 0.15) is 5.69 Å². The van der Waals surface area contributed by atoms with E-state index >= 15 is 0 Å². The highest BCUT2D eigenvalue weighted by atomic mass is 35.5. The lowest BCUT2D eigenvalue weighted by molar-refractivity contribution is -0.00535. The van der Waals surface area contributed by atoms with Crippen LogP contribution in [-0.2, 0) is 4.74 Å². The fraction of sp³-hybridized carbons (Fsp3) is 0.632. The molecule has 4 heterocycles. The van der Waals surface area contributed by atoms with E-state index in [4.69, 9.17) is 27.2 Å². The highest BCUT2D eigenvalue weighted by Gasteiger charge is 2.28. The molecule has 0 saturated carbocycles. The molecule has 0 aromatic carbocycles. The molecule has 154 valence electrons. The van der Waals surface area contributed by atoms with E-state index in [2.05, 4.69) is 33.8 Å². The Labute approximate surface area is 174 Å². The normalized spacial score (nSPS) is 25.8. The number of nitrogen functional groups attached to an aromatic ring is 1. The Bertz CT molecular complexity index is 769. The molecule has 28 heavy (non-hydrogen) atoms. The lowest BCUT2D eigenvalue weighted by Crippen LogP contribution is -2.35. The molecule has 3 unspecified atom stereocenters. The standard InChI is InChI=1S/C14H18ClN5S.C5H10O2/c1-8-7-20(2)4-3-9(8)13-17-6-11(21-13)12-10(15)5-18-14(16)19-12;6-5-2-1-3-7-4-5/h5-6,8-9H,3-4,7H2,1-2H3,(H2,16,18,19);5-6H,1-4H2. The maximum atomic E-state index is 8.78. The van der Waals surface area contributed by atoms with Gasteiger partial charge in [0.25, 0.3) is 0 Å². The lowest BCUT2D eigenvalue weighted by Gasteiger charge is -2.33. The van der Waals surface area contributed by atoms with Gasteiger partial charge in [-0.15, -0.1) is 11.3 Å². The molecule has 2 saturated heterocycles. The zero-order valence-corrected chi connectivity index (χ0v) is 17.9. The van der Waals surface area contributed by atoms with E-state index in [1.807, 2.05) is 6.20 Å². The summed E-state index contributed by atoms with van der Waals surface area (Å²) in [6.07, 6.45) is 6.27. The molecule has 7 nitrogen and oxygen atoms in total. The highest BCUT2D eigenvalue weighted by molar-refractivity contribution is 7.15. The first-order valence-electron chi connectivity index (χ1n) is 9.62. The van der Waals surface area contributed by atoms with Crippen molar-refractivity contribution in [2.75, 3.05) is 39.1 Å². The van der Waals surface area contributed by atoms with Crippen molar-refractivity contribution in [3.8, 4) is 10.6 Å². The Morgan fingerprint density at radius 2 is 2.14 bits per heavy atom. The molecular formula is C19H28ClN5O2S. The summed E-state index contributed by atoms with van der Waals surface area (Å²) in [5.74, 6) is 1.35. The number of aliphatic hydroxyl groups is 1. The van der Waals surface area contributed by atoms with E-state index in [9.17, 15) is 0 Å². The third kappa shape index (κ3) is 5.61. The number of likely N-dealkylation sites (tertiary alicyclic amines) is 1. The minimum absolute atomic E-state index is 0.186. The predicted molar refractivity (Wildman–Crippen MR) is 113 cm³/mol. The van der Waals surface area contributed by atoms with E-state index in [1.54, 1.807) is 11.3 Å². The Hall–Kier alpha value is -1.32. The Morgan fingerprint density at radius 1 is 1.32 bits per heavy atom. The fourth-order valence-corrected chi connectivity index (χ4v) is 5.01. The van der Waals surface area contributed by atoms with Gasteiger partial charge in [0.2, 0.25) is 5.95 Å². The average Bonchev–Trinajstić information content (AvgIpc) is 3.14. The van der Waals surface area contributed by atoms with Crippen LogP contribution in [0.15, 0.2) is 12.4 Å². The number of halogens is 1. The number of thiazole rings is 1. The topological polar surface area (TPSA) is 97.4 Å². The third-order valence-corrected chi connectivity index (χ3v) is 6.49. The van der Waals surface area contributed by atoms with Crippen molar-refractivity contribution in [3.05, 3.63) is 22.4 Å². The average molecular weight is 426 g/mol. The van der Waals surface area contributed by atoms with Crippen LogP contribution >= 0.6 is 22.9 Å². The molecular weight excluding hydrogens is 398 g/mol. The van der Waals surface area contributed by atoms with Crippen LogP contribution in [-0.4, -0.2) is 64.4 Å². The number of anilines is 1. The summed E-state index contributed by atoms with van der Waals surface area (Å²) in [5.41, 5.74) is 6.32. The molecule has 2 aliphatic heterocycles. The van der Waals surface area contributed by atoms with Crippen LogP contribution in [0.2, 0.25) is 5.02 Å². The monoisotopic (exact) mass is 425 g/mol. The van der Waals surface area contributed by atoms with Crippen molar-refractivity contribution >= 4 is 28.9 Å². The molecule has 2 aromatic rings. The molecule has 0 amide bonds. The number of aromatic nitrogens is 3. The summed E-state index contributed by atoms with van der Waals surface area (Å²) in [6, 6.07) is 0. The van der Waals surface area contributed by atoms with Gasteiger partial charge in [0, 0.05) is 25.3 Å². The molecule has 3 N–H and O–H groups in total. The number of aliphatic hydroxyl groups excluding tert-OH is 1. The number of hydrogen-bond donors (Lipinski definition) is 2. The van der Waals surface area contributed by atoms with Crippen LogP contribution in [0.5, 0.6) is 0 Å². The number of nitrogens with two attached hydrogens (primary N) is 1. The Balaban J connectivity index is 0.000000271. The van der Waals surface area contributed by atoms with Crippen molar-refractivity contribution < 1.29 is 9.84 Å². The minimum atomic E-state index is -0.186. The van der Waals surface area contributed by atoms with Gasteiger partial charge in [0.15, 0.2) is 0 Å². The SMILES string of the molecule is CC1CN(C)CCC1c1ncc(-c2nc(N)ncc2Cl)s1.OC1CCCOC1. The smallest absolute Gasteiger partial charge is 0.220 e. The maximum Gasteiger partial charge on any atom is 0.220 e. The van der Waals surface area contributed by atoms with E-state index in [1.165, 1.54) is 11.2 Å². The van der Waals surface area contributed by atoms with Gasteiger partial charge >= 0.3 is 0 Å². The molecule has 9 heteroatoms. The van der Waals surface area contributed by atoms with Crippen LogP contribution in [0, 0.1) is 5.92 Å². The highest BCUT2D eigenvalue weighted by Crippen LogP contribution is 2.38. The van der Waals surface area contributed by atoms with Crippen molar-refractivity contribution in [1.82, 2.24) is 19.9 Å². The van der Waals surface area contributed by atoms with Gasteiger partial charge in [0.05, 0.1) is 33.8 Å². The second-order valence-electron chi connectivity index (χ2n) is 7.49. The first-order chi connectivity index (χ1) is 13.4. The predicted octanol–water partition coefficient (Wildman–Crippen LogP) is 3.05. The first-order valence-corrected chi connectivity index (χ1v) is 10.8. The van der Waals surface area contributed by atoms with E-state index in [0.717, 1.165) is 43.8 Å². The number of piperidine rings is 1. The van der Waals surface area contributed by atoms with Crippen molar-refractivity contribution in [1.29, 1.82) is 0 Å². The van der Waals surface area contributed by atoms with E-state index in [0.29, 0.717) is 29.2 Å². The Kier molecular flexibility index (Phi) is 7.59. The number of rotatable bonds is 2.